The number of likely N-dealkylation sites (tertiary alicyclic amines) is 1. The third-order valence-electron chi connectivity index (χ3n) is 9.90. The summed E-state index contributed by atoms with van der Waals surface area (Å²) in [6.07, 6.45) is 1.93. The number of aromatic hydroxyl groups is 1. The van der Waals surface area contributed by atoms with Crippen molar-refractivity contribution >= 4 is 47.4 Å². The summed E-state index contributed by atoms with van der Waals surface area (Å²) in [6.45, 7) is 9.41. The third kappa shape index (κ3) is 16.3. The molecule has 330 valence electrons. The number of carbonyl (C=O) groups is 6. The Morgan fingerprint density at radius 2 is 1.46 bits per heavy atom. The molecule has 0 aliphatic carbocycles. The van der Waals surface area contributed by atoms with E-state index in [-0.39, 0.29) is 75.3 Å². The van der Waals surface area contributed by atoms with Crippen LogP contribution in [0.4, 0.5) is 0 Å². The van der Waals surface area contributed by atoms with Gasteiger partial charge in [-0.25, -0.2) is 4.79 Å². The maximum atomic E-state index is 14.4. The number of rotatable bonds is 22. The average molecular weight is 831 g/mol. The van der Waals surface area contributed by atoms with Gasteiger partial charge in [0, 0.05) is 33.1 Å². The number of likely N-dealkylation sites (N-methyl/N-ethyl adjacent to an activating group) is 1. The molecule has 1 aliphatic heterocycles. The second-order valence-electron chi connectivity index (χ2n) is 16.4. The monoisotopic (exact) mass is 831 g/mol. The number of carboxylic acids is 1. The number of carboxylic acid groups (broad SMARTS) is 1. The van der Waals surface area contributed by atoms with E-state index in [0.717, 1.165) is 0 Å². The van der Waals surface area contributed by atoms with Crippen LogP contribution in [-0.4, -0.2) is 130 Å². The highest BCUT2D eigenvalue weighted by Gasteiger charge is 2.42. The fraction of sp³-hybridized carbons (Fsp3) is 0.641. The van der Waals surface area contributed by atoms with Gasteiger partial charge >= 0.3 is 5.97 Å². The van der Waals surface area contributed by atoms with Crippen molar-refractivity contribution in [3.05, 3.63) is 29.8 Å². The highest BCUT2D eigenvalue weighted by molar-refractivity contribution is 5.97. The van der Waals surface area contributed by atoms with E-state index in [1.165, 1.54) is 29.0 Å². The van der Waals surface area contributed by atoms with Crippen LogP contribution in [0.3, 0.4) is 0 Å². The van der Waals surface area contributed by atoms with Crippen LogP contribution in [-0.2, 0) is 35.2 Å². The van der Waals surface area contributed by atoms with Gasteiger partial charge in [0.1, 0.15) is 36.0 Å². The van der Waals surface area contributed by atoms with E-state index in [4.69, 9.17) is 28.7 Å². The molecular weight excluding hydrogens is 765 g/mol. The average Bonchev–Trinajstić information content (AvgIpc) is 3.64. The zero-order valence-electron chi connectivity index (χ0n) is 35.1. The zero-order chi connectivity index (χ0) is 44.6. The van der Waals surface area contributed by atoms with Crippen molar-refractivity contribution in [3.8, 4) is 5.75 Å². The molecule has 0 spiro atoms. The molecule has 20 nitrogen and oxygen atoms in total. The number of aliphatic carboxylic acids is 1. The van der Waals surface area contributed by atoms with Crippen LogP contribution < -0.4 is 44.6 Å². The molecule has 0 saturated carbocycles. The van der Waals surface area contributed by atoms with Crippen molar-refractivity contribution < 1.29 is 39.0 Å². The van der Waals surface area contributed by atoms with E-state index in [0.29, 0.717) is 24.8 Å². The van der Waals surface area contributed by atoms with Gasteiger partial charge in [0.2, 0.25) is 29.5 Å². The Hall–Kier alpha value is -5.66. The van der Waals surface area contributed by atoms with Crippen LogP contribution in [0.25, 0.3) is 0 Å². The summed E-state index contributed by atoms with van der Waals surface area (Å²) in [7, 11) is 1.47. The van der Waals surface area contributed by atoms with Crippen molar-refractivity contribution in [1.82, 2.24) is 25.8 Å². The van der Waals surface area contributed by atoms with E-state index < -0.39 is 77.2 Å². The molecule has 1 aliphatic rings. The fourth-order valence-corrected chi connectivity index (χ4v) is 6.74. The lowest BCUT2D eigenvalue weighted by atomic mass is 9.85. The molecule has 1 saturated heterocycles. The summed E-state index contributed by atoms with van der Waals surface area (Å²) in [4.78, 5) is 92.3. The summed E-state index contributed by atoms with van der Waals surface area (Å²) in [5.41, 5.74) is 27.7. The molecule has 15 N–H and O–H groups in total. The number of aliphatic imine (C=N–C) groups is 2. The van der Waals surface area contributed by atoms with Crippen molar-refractivity contribution in [2.24, 2.45) is 50.0 Å². The third-order valence-corrected chi connectivity index (χ3v) is 9.90. The second kappa shape index (κ2) is 23.1. The Labute approximate surface area is 346 Å². The van der Waals surface area contributed by atoms with E-state index in [9.17, 15) is 39.0 Å². The Kier molecular flexibility index (Phi) is 19.3. The van der Waals surface area contributed by atoms with Gasteiger partial charge in [0.25, 0.3) is 0 Å². The molecule has 2 rings (SSSR count). The number of phenolic OH excluding ortho intramolecular Hbond substituents is 1. The normalized spacial score (nSPS) is 16.5. The van der Waals surface area contributed by atoms with Crippen LogP contribution in [0.1, 0.15) is 85.1 Å². The first kappa shape index (κ1) is 49.5. The Bertz CT molecular complexity index is 1660. The molecule has 1 fully saturated rings. The largest absolute Gasteiger partial charge is 0.508 e. The number of hydrogen-bond donors (Lipinski definition) is 10. The number of hydrogen-bond acceptors (Lipinski definition) is 10. The van der Waals surface area contributed by atoms with Crippen LogP contribution >= 0.6 is 0 Å². The number of benzene rings is 1. The minimum Gasteiger partial charge on any atom is -0.508 e. The minimum atomic E-state index is -1.27. The number of nitrogens with one attached hydrogen (secondary N) is 3. The van der Waals surface area contributed by atoms with Gasteiger partial charge in [-0.15, -0.1) is 0 Å². The van der Waals surface area contributed by atoms with Crippen LogP contribution in [0.15, 0.2) is 34.3 Å². The molecule has 0 unspecified atom stereocenters. The number of amides is 5. The molecule has 0 bridgehead atoms. The number of nitrogens with zero attached hydrogens (tertiary/aromatic N) is 4. The standard InChI is InChI=1S/C39H66N12O8/c1-22(2)20-27(36(58)59)48-33(55)30(39(3,4)5)49-31(53)26(21-23-13-15-24(52)16-14-23)47-32(54)28-12-9-19-51(28)35(57)29(11-8-18-46-38(43)44)50(6)34(56)25(40)10-7-17-45-37(41)42/h13-16,22,25-30,52H,7-12,17-21,40H2,1-6H3,(H,47,54)(H,48,55)(H,49,53)(H,58,59)(H4,41,42,45)(H4,43,44,46)/t25-,26-,27-,28-,29-,30+/m0/s1. The summed E-state index contributed by atoms with van der Waals surface area (Å²) >= 11 is 0. The van der Waals surface area contributed by atoms with E-state index in [2.05, 4.69) is 25.9 Å². The fourth-order valence-electron chi connectivity index (χ4n) is 6.74. The summed E-state index contributed by atoms with van der Waals surface area (Å²) in [6, 6.07) is -0.700. The lowest BCUT2D eigenvalue weighted by Gasteiger charge is -2.35. The first-order valence-electron chi connectivity index (χ1n) is 19.9. The maximum Gasteiger partial charge on any atom is 0.326 e. The maximum absolute atomic E-state index is 14.4. The van der Waals surface area contributed by atoms with Gasteiger partial charge in [-0.05, 0) is 74.0 Å². The zero-order valence-corrected chi connectivity index (χ0v) is 35.1. The van der Waals surface area contributed by atoms with Crippen LogP contribution in [0, 0.1) is 11.3 Å². The summed E-state index contributed by atoms with van der Waals surface area (Å²) < 4.78 is 0. The molecule has 1 aromatic carbocycles. The molecule has 20 heteroatoms. The van der Waals surface area contributed by atoms with Crippen molar-refractivity contribution in [3.63, 3.8) is 0 Å². The minimum absolute atomic E-state index is 0.0130. The number of nitrogens with two attached hydrogens (primary N) is 5. The predicted molar refractivity (Wildman–Crippen MR) is 223 cm³/mol. The molecular formula is C39H66N12O8. The molecule has 1 aromatic rings. The topological polar surface area (TPSA) is 340 Å². The van der Waals surface area contributed by atoms with Crippen molar-refractivity contribution in [2.45, 2.75) is 122 Å². The van der Waals surface area contributed by atoms with Gasteiger partial charge in [-0.1, -0.05) is 46.8 Å². The lowest BCUT2D eigenvalue weighted by Crippen LogP contribution is -2.61. The van der Waals surface area contributed by atoms with E-state index >= 15 is 0 Å². The van der Waals surface area contributed by atoms with E-state index in [1.807, 2.05) is 13.8 Å². The van der Waals surface area contributed by atoms with Gasteiger partial charge in [-0.3, -0.25) is 34.0 Å². The smallest absolute Gasteiger partial charge is 0.326 e. The molecule has 0 aromatic heterocycles. The van der Waals surface area contributed by atoms with Crippen LogP contribution in [0.2, 0.25) is 0 Å². The highest BCUT2D eigenvalue weighted by Crippen LogP contribution is 2.24. The Morgan fingerprint density at radius 1 is 0.881 bits per heavy atom. The Balaban J connectivity index is 2.41. The first-order chi connectivity index (χ1) is 27.5. The quantitative estimate of drug-likeness (QED) is 0.0374. The first-order valence-corrected chi connectivity index (χ1v) is 19.9. The van der Waals surface area contributed by atoms with Gasteiger partial charge in [-0.2, -0.15) is 0 Å². The molecule has 6 atom stereocenters. The second-order valence-corrected chi connectivity index (χ2v) is 16.4. The van der Waals surface area contributed by atoms with Crippen molar-refractivity contribution in [2.75, 3.05) is 26.7 Å². The van der Waals surface area contributed by atoms with Gasteiger partial charge in [0.15, 0.2) is 11.9 Å². The number of phenols is 1. The van der Waals surface area contributed by atoms with E-state index in [1.54, 1.807) is 32.9 Å². The van der Waals surface area contributed by atoms with Crippen molar-refractivity contribution in [1.29, 1.82) is 0 Å². The Morgan fingerprint density at radius 3 is 1.98 bits per heavy atom. The van der Waals surface area contributed by atoms with Gasteiger partial charge in [0.05, 0.1) is 6.04 Å². The van der Waals surface area contributed by atoms with Crippen LogP contribution in [0.5, 0.6) is 5.75 Å². The molecule has 0 radical (unpaired) electrons. The van der Waals surface area contributed by atoms with Gasteiger partial charge < -0.3 is 64.6 Å². The number of carbonyl (C=O) groups excluding carboxylic acids is 5. The SMILES string of the molecule is CC(C)C[C@H](NC(=O)[C@@H](NC(=O)[C@H](Cc1ccc(O)cc1)NC(=O)[C@@H]1CCCN1C(=O)[C@H](CCCN=C(N)N)N(C)C(=O)[C@@H](N)CCCN=C(N)N)C(C)(C)C)C(=O)O. The predicted octanol–water partition coefficient (Wildman–Crippen LogP) is -1.18. The lowest BCUT2D eigenvalue weighted by molar-refractivity contribution is -0.148. The molecule has 59 heavy (non-hydrogen) atoms. The molecule has 5 amide bonds. The highest BCUT2D eigenvalue weighted by atomic mass is 16.4. The molecule has 1 heterocycles. The summed E-state index contributed by atoms with van der Waals surface area (Å²) in [5, 5.41) is 27.7. The number of guanidine groups is 2. The summed E-state index contributed by atoms with van der Waals surface area (Å²) in [5.74, 6) is -4.58.